The van der Waals surface area contributed by atoms with E-state index in [1.807, 2.05) is 42.5 Å². The van der Waals surface area contributed by atoms with Gasteiger partial charge in [-0.3, -0.25) is 9.78 Å². The number of carbonyl (C=O) groups is 1. The average Bonchev–Trinajstić information content (AvgIpc) is 2.68. The molecule has 2 N–H and O–H groups in total. The fourth-order valence-electron chi connectivity index (χ4n) is 2.68. The summed E-state index contributed by atoms with van der Waals surface area (Å²) in [6.07, 6.45) is 2.42. The van der Waals surface area contributed by atoms with Crippen molar-refractivity contribution >= 4 is 26.7 Å². The predicted octanol–water partition coefficient (Wildman–Crippen LogP) is 2.26. The molecule has 1 amide bonds. The van der Waals surface area contributed by atoms with Gasteiger partial charge in [-0.05, 0) is 35.0 Å². The van der Waals surface area contributed by atoms with E-state index in [4.69, 9.17) is 0 Å². The van der Waals surface area contributed by atoms with Crippen LogP contribution in [0.25, 0.3) is 10.8 Å². The highest BCUT2D eigenvalue weighted by Crippen LogP contribution is 2.18. The predicted molar refractivity (Wildman–Crippen MR) is 105 cm³/mol. The van der Waals surface area contributed by atoms with Crippen molar-refractivity contribution in [1.29, 1.82) is 0 Å². The minimum absolute atomic E-state index is 0.0462. The maximum atomic E-state index is 12.4. The van der Waals surface area contributed by atoms with Crippen LogP contribution < -0.4 is 10.0 Å². The largest absolute Gasteiger partial charge is 0.356 e. The van der Waals surface area contributed by atoms with Crippen LogP contribution in [0.1, 0.15) is 12.1 Å². The summed E-state index contributed by atoms with van der Waals surface area (Å²) in [5, 5.41) is 4.60. The molecule has 0 fully saturated rings. The summed E-state index contributed by atoms with van der Waals surface area (Å²) in [4.78, 5) is 16.2. The second-order valence-electron chi connectivity index (χ2n) is 6.08. The maximum absolute atomic E-state index is 12.4. The molecule has 0 atom stereocenters. The Labute approximate surface area is 158 Å². The van der Waals surface area contributed by atoms with E-state index in [1.165, 1.54) is 0 Å². The van der Waals surface area contributed by atoms with E-state index >= 15 is 0 Å². The lowest BCUT2D eigenvalue weighted by atomic mass is 10.1. The van der Waals surface area contributed by atoms with Crippen molar-refractivity contribution in [2.24, 2.45) is 0 Å². The van der Waals surface area contributed by atoms with Crippen molar-refractivity contribution in [3.05, 3.63) is 72.6 Å². The molecular formula is C20H21N3O3S. The molecule has 0 spiro atoms. The van der Waals surface area contributed by atoms with Crippen LogP contribution in [0.15, 0.2) is 71.8 Å². The van der Waals surface area contributed by atoms with E-state index in [1.54, 1.807) is 24.4 Å². The van der Waals surface area contributed by atoms with Crippen molar-refractivity contribution < 1.29 is 13.2 Å². The number of rotatable bonds is 8. The van der Waals surface area contributed by atoms with Crippen molar-refractivity contribution in [2.45, 2.75) is 17.7 Å². The molecular weight excluding hydrogens is 362 g/mol. The molecule has 3 aromatic rings. The molecule has 140 valence electrons. The van der Waals surface area contributed by atoms with Crippen LogP contribution >= 0.6 is 0 Å². The Morgan fingerprint density at radius 1 is 0.926 bits per heavy atom. The number of fused-ring (bicyclic) bond motifs is 1. The van der Waals surface area contributed by atoms with Gasteiger partial charge in [-0.1, -0.05) is 36.4 Å². The van der Waals surface area contributed by atoms with Crippen LogP contribution in [0.5, 0.6) is 0 Å². The Bertz CT molecular complexity index is 1020. The monoisotopic (exact) mass is 383 g/mol. The number of pyridine rings is 1. The van der Waals surface area contributed by atoms with Crippen molar-refractivity contribution in [3.8, 4) is 0 Å². The van der Waals surface area contributed by atoms with Gasteiger partial charge in [0.1, 0.15) is 0 Å². The molecule has 2 aromatic carbocycles. The Kier molecular flexibility index (Phi) is 6.16. The molecule has 6 nitrogen and oxygen atoms in total. The van der Waals surface area contributed by atoms with E-state index < -0.39 is 10.0 Å². The number of carbonyl (C=O) groups excluding carboxylic acids is 1. The Hall–Kier alpha value is -2.77. The Balaban J connectivity index is 1.47. The van der Waals surface area contributed by atoms with Crippen LogP contribution in [0.2, 0.25) is 0 Å². The first-order valence-electron chi connectivity index (χ1n) is 8.70. The molecule has 0 aliphatic rings. The second kappa shape index (κ2) is 8.75. The summed E-state index contributed by atoms with van der Waals surface area (Å²) in [6.45, 7) is 0.512. The summed E-state index contributed by atoms with van der Waals surface area (Å²) in [5.41, 5.74) is 0.898. The number of nitrogens with zero attached hydrogens (tertiary/aromatic N) is 1. The number of hydrogen-bond donors (Lipinski definition) is 2. The van der Waals surface area contributed by atoms with Crippen LogP contribution in [0.3, 0.4) is 0 Å². The first-order valence-corrected chi connectivity index (χ1v) is 10.2. The molecule has 0 bridgehead atoms. The van der Waals surface area contributed by atoms with Gasteiger partial charge in [0.05, 0.1) is 4.90 Å². The summed E-state index contributed by atoms with van der Waals surface area (Å²) in [7, 11) is -3.65. The van der Waals surface area contributed by atoms with Gasteiger partial charge in [0.2, 0.25) is 15.9 Å². The zero-order chi connectivity index (χ0) is 19.1. The minimum atomic E-state index is -3.65. The number of hydrogen-bond acceptors (Lipinski definition) is 4. The highest BCUT2D eigenvalue weighted by Gasteiger charge is 2.14. The van der Waals surface area contributed by atoms with Crippen LogP contribution in [-0.2, 0) is 21.2 Å². The smallest absolute Gasteiger partial charge is 0.240 e. The fourth-order valence-corrected chi connectivity index (χ4v) is 3.75. The van der Waals surface area contributed by atoms with Gasteiger partial charge in [-0.25, -0.2) is 13.1 Å². The van der Waals surface area contributed by atoms with E-state index in [9.17, 15) is 13.2 Å². The lowest BCUT2D eigenvalue weighted by molar-refractivity contribution is -0.120. The fraction of sp³-hybridized carbons (Fsp3) is 0.200. The molecule has 1 heterocycles. The van der Waals surface area contributed by atoms with Crippen LogP contribution in [0.4, 0.5) is 0 Å². The third-order valence-electron chi connectivity index (χ3n) is 4.10. The first kappa shape index (κ1) is 19.0. The number of sulfonamides is 1. The van der Waals surface area contributed by atoms with Gasteiger partial charge in [-0.15, -0.1) is 0 Å². The molecule has 0 aliphatic carbocycles. The number of aromatic nitrogens is 1. The van der Waals surface area contributed by atoms with Gasteiger partial charge >= 0.3 is 0 Å². The zero-order valence-electron chi connectivity index (χ0n) is 14.8. The highest BCUT2D eigenvalue weighted by atomic mass is 32.2. The van der Waals surface area contributed by atoms with Gasteiger partial charge < -0.3 is 5.32 Å². The Morgan fingerprint density at radius 2 is 1.70 bits per heavy atom. The third-order valence-corrected chi connectivity index (χ3v) is 5.56. The topological polar surface area (TPSA) is 88.2 Å². The van der Waals surface area contributed by atoms with Crippen LogP contribution in [-0.4, -0.2) is 32.4 Å². The van der Waals surface area contributed by atoms with E-state index in [0.29, 0.717) is 13.0 Å². The van der Waals surface area contributed by atoms with Gasteiger partial charge in [-0.2, -0.15) is 0 Å². The number of nitrogens with one attached hydrogen (secondary N) is 2. The normalized spacial score (nSPS) is 11.4. The van der Waals surface area contributed by atoms with Gasteiger partial charge in [0.25, 0.3) is 0 Å². The summed E-state index contributed by atoms with van der Waals surface area (Å²) in [5.74, 6) is -0.202. The van der Waals surface area contributed by atoms with E-state index in [-0.39, 0.29) is 23.8 Å². The molecule has 1 aromatic heterocycles. The molecule has 27 heavy (non-hydrogen) atoms. The first-order chi connectivity index (χ1) is 13.0. The molecule has 3 rings (SSSR count). The summed E-state index contributed by atoms with van der Waals surface area (Å²) >= 11 is 0. The highest BCUT2D eigenvalue weighted by molar-refractivity contribution is 7.89. The quantitative estimate of drug-likeness (QED) is 0.625. The molecule has 0 saturated heterocycles. The molecule has 0 saturated carbocycles. The van der Waals surface area contributed by atoms with Gasteiger partial charge in [0.15, 0.2) is 0 Å². The molecule has 0 aliphatic heterocycles. The summed E-state index contributed by atoms with van der Waals surface area (Å²) < 4.78 is 27.3. The van der Waals surface area contributed by atoms with Crippen molar-refractivity contribution in [1.82, 2.24) is 15.0 Å². The Morgan fingerprint density at radius 3 is 2.48 bits per heavy atom. The lowest BCUT2D eigenvalue weighted by Crippen LogP contribution is -2.31. The van der Waals surface area contributed by atoms with E-state index in [2.05, 4.69) is 15.0 Å². The van der Waals surface area contributed by atoms with Gasteiger partial charge in [0, 0.05) is 37.8 Å². The van der Waals surface area contributed by atoms with Crippen molar-refractivity contribution in [2.75, 3.05) is 13.1 Å². The SMILES string of the molecule is O=C(CCNS(=O)(=O)c1ccc2ccccc2c1)NCCc1ccccn1. The molecule has 0 unspecified atom stereocenters. The molecule has 7 heteroatoms. The maximum Gasteiger partial charge on any atom is 0.240 e. The van der Waals surface area contributed by atoms with Crippen LogP contribution in [0, 0.1) is 0 Å². The minimum Gasteiger partial charge on any atom is -0.356 e. The molecule has 0 radical (unpaired) electrons. The lowest BCUT2D eigenvalue weighted by Gasteiger charge is -2.08. The average molecular weight is 383 g/mol. The standard InChI is InChI=1S/C20H21N3O3S/c24-20(22-13-10-18-7-3-4-12-21-18)11-14-23-27(25,26)19-9-8-16-5-1-2-6-17(16)15-19/h1-9,12,15,23H,10-11,13-14H2,(H,22,24). The third kappa shape index (κ3) is 5.35. The van der Waals surface area contributed by atoms with Crippen molar-refractivity contribution in [3.63, 3.8) is 0 Å². The van der Waals surface area contributed by atoms with E-state index in [0.717, 1.165) is 16.5 Å². The zero-order valence-corrected chi connectivity index (χ0v) is 15.6. The number of benzene rings is 2. The summed E-state index contributed by atoms with van der Waals surface area (Å²) in [6, 6.07) is 18.1. The second-order valence-corrected chi connectivity index (χ2v) is 7.84. The number of amides is 1.